The minimum atomic E-state index is -0.153. The first-order chi connectivity index (χ1) is 6.35. The van der Waals surface area contributed by atoms with Crippen molar-refractivity contribution in [3.8, 4) is 0 Å². The van der Waals surface area contributed by atoms with E-state index in [1.165, 1.54) is 12.8 Å². The molecule has 0 aromatic heterocycles. The van der Waals surface area contributed by atoms with E-state index in [0.29, 0.717) is 0 Å². The maximum Gasteiger partial charge on any atom is 0.0607 e. The second-order valence-corrected chi connectivity index (χ2v) is 3.15. The summed E-state index contributed by atoms with van der Waals surface area (Å²) >= 11 is 0. The zero-order valence-corrected chi connectivity index (χ0v) is 8.21. The molecule has 13 heavy (non-hydrogen) atoms. The lowest BCUT2D eigenvalue weighted by atomic mass is 10.2. The Hall–Kier alpha value is -0.380. The van der Waals surface area contributed by atoms with E-state index >= 15 is 0 Å². The van der Waals surface area contributed by atoms with Gasteiger partial charge in [0.25, 0.3) is 0 Å². The third-order valence-corrected chi connectivity index (χ3v) is 1.96. The van der Waals surface area contributed by atoms with Gasteiger partial charge in [0.05, 0.1) is 19.3 Å². The van der Waals surface area contributed by atoms with Crippen molar-refractivity contribution >= 4 is 0 Å². The molecule has 0 aromatic rings. The molecule has 0 saturated heterocycles. The molecule has 0 spiro atoms. The molecule has 3 heteroatoms. The van der Waals surface area contributed by atoms with Gasteiger partial charge >= 0.3 is 0 Å². The average Bonchev–Trinajstić information content (AvgIpc) is 2.17. The second kappa shape index (κ2) is 9.71. The number of hydrogen-bond acceptors (Lipinski definition) is 3. The average molecular weight is 187 g/mol. The first-order valence-electron chi connectivity index (χ1n) is 4.91. The van der Waals surface area contributed by atoms with Crippen molar-refractivity contribution in [2.75, 3.05) is 19.8 Å². The summed E-state index contributed by atoms with van der Waals surface area (Å²) in [7, 11) is 0. The van der Waals surface area contributed by atoms with Crippen LogP contribution < -0.4 is 5.32 Å². The minimum Gasteiger partial charge on any atom is -0.395 e. The van der Waals surface area contributed by atoms with Crippen molar-refractivity contribution in [1.29, 1.82) is 0 Å². The topological polar surface area (TPSA) is 52.5 Å². The van der Waals surface area contributed by atoms with Crippen molar-refractivity contribution < 1.29 is 10.2 Å². The van der Waals surface area contributed by atoms with E-state index in [1.807, 2.05) is 6.08 Å². The van der Waals surface area contributed by atoms with Crippen LogP contribution in [0.3, 0.4) is 0 Å². The fourth-order valence-corrected chi connectivity index (χ4v) is 1.08. The van der Waals surface area contributed by atoms with Crippen LogP contribution in [0.4, 0.5) is 0 Å². The summed E-state index contributed by atoms with van der Waals surface area (Å²) in [5.41, 5.74) is 0. The Morgan fingerprint density at radius 3 is 2.38 bits per heavy atom. The summed E-state index contributed by atoms with van der Waals surface area (Å²) in [4.78, 5) is 0. The Morgan fingerprint density at radius 2 is 1.85 bits per heavy atom. The smallest absolute Gasteiger partial charge is 0.0607 e. The molecule has 0 heterocycles. The van der Waals surface area contributed by atoms with Gasteiger partial charge in [0, 0.05) is 0 Å². The lowest BCUT2D eigenvalue weighted by molar-refractivity contribution is 0.171. The van der Waals surface area contributed by atoms with E-state index in [2.05, 4.69) is 11.9 Å². The van der Waals surface area contributed by atoms with Crippen LogP contribution in [0.1, 0.15) is 25.7 Å². The molecule has 0 aliphatic rings. The lowest BCUT2D eigenvalue weighted by Crippen LogP contribution is -2.36. The number of unbranched alkanes of at least 4 members (excludes halogenated alkanes) is 3. The number of aliphatic hydroxyl groups excluding tert-OH is 2. The third-order valence-electron chi connectivity index (χ3n) is 1.96. The molecule has 0 rings (SSSR count). The van der Waals surface area contributed by atoms with Gasteiger partial charge in [0.15, 0.2) is 0 Å². The highest BCUT2D eigenvalue weighted by molar-refractivity contribution is 4.66. The third kappa shape index (κ3) is 7.96. The van der Waals surface area contributed by atoms with Crippen LogP contribution in [0.15, 0.2) is 12.7 Å². The highest BCUT2D eigenvalue weighted by atomic mass is 16.3. The Morgan fingerprint density at radius 1 is 1.15 bits per heavy atom. The summed E-state index contributed by atoms with van der Waals surface area (Å²) in [6.07, 6.45) is 6.43. The van der Waals surface area contributed by atoms with E-state index in [4.69, 9.17) is 10.2 Å². The van der Waals surface area contributed by atoms with E-state index < -0.39 is 0 Å². The highest BCUT2D eigenvalue weighted by Gasteiger charge is 2.02. The van der Waals surface area contributed by atoms with E-state index in [0.717, 1.165) is 19.4 Å². The number of hydrogen-bond donors (Lipinski definition) is 3. The van der Waals surface area contributed by atoms with Crippen LogP contribution >= 0.6 is 0 Å². The van der Waals surface area contributed by atoms with Gasteiger partial charge in [0.2, 0.25) is 0 Å². The maximum atomic E-state index is 8.73. The molecular formula is C10H21NO2. The molecule has 0 bridgehead atoms. The number of rotatable bonds is 9. The van der Waals surface area contributed by atoms with Crippen molar-refractivity contribution in [3.05, 3.63) is 12.7 Å². The molecule has 0 amide bonds. The largest absolute Gasteiger partial charge is 0.395 e. The molecule has 0 radical (unpaired) electrons. The SMILES string of the molecule is C=CCCCCCNC(CO)CO. The van der Waals surface area contributed by atoms with Gasteiger partial charge < -0.3 is 15.5 Å². The molecule has 0 atom stereocenters. The summed E-state index contributed by atoms with van der Waals surface area (Å²) in [6.45, 7) is 4.52. The number of nitrogens with one attached hydrogen (secondary N) is 1. The van der Waals surface area contributed by atoms with Crippen LogP contribution in [0.5, 0.6) is 0 Å². The van der Waals surface area contributed by atoms with Crippen LogP contribution in [0, 0.1) is 0 Å². The monoisotopic (exact) mass is 187 g/mol. The fourth-order valence-electron chi connectivity index (χ4n) is 1.08. The summed E-state index contributed by atoms with van der Waals surface area (Å²) in [6, 6.07) is -0.153. The quantitative estimate of drug-likeness (QED) is 0.367. The predicted molar refractivity (Wildman–Crippen MR) is 54.6 cm³/mol. The molecule has 0 aromatic carbocycles. The van der Waals surface area contributed by atoms with Crippen molar-refractivity contribution in [3.63, 3.8) is 0 Å². The summed E-state index contributed by atoms with van der Waals surface area (Å²) < 4.78 is 0. The van der Waals surface area contributed by atoms with Gasteiger partial charge in [-0.1, -0.05) is 12.5 Å². The van der Waals surface area contributed by atoms with E-state index in [-0.39, 0.29) is 19.3 Å². The Bertz CT molecular complexity index is 113. The first kappa shape index (κ1) is 12.6. The zero-order chi connectivity index (χ0) is 9.94. The van der Waals surface area contributed by atoms with Gasteiger partial charge in [-0.2, -0.15) is 0 Å². The Balaban J connectivity index is 3.09. The van der Waals surface area contributed by atoms with Crippen LogP contribution in [-0.4, -0.2) is 36.0 Å². The maximum absolute atomic E-state index is 8.73. The molecule has 3 N–H and O–H groups in total. The zero-order valence-electron chi connectivity index (χ0n) is 8.21. The predicted octanol–water partition coefficient (Wildman–Crippen LogP) is 0.676. The van der Waals surface area contributed by atoms with Gasteiger partial charge in [-0.25, -0.2) is 0 Å². The second-order valence-electron chi connectivity index (χ2n) is 3.15. The lowest BCUT2D eigenvalue weighted by Gasteiger charge is -2.12. The summed E-state index contributed by atoms with van der Waals surface area (Å²) in [5, 5.41) is 20.5. The highest BCUT2D eigenvalue weighted by Crippen LogP contribution is 1.98. The fraction of sp³-hybridized carbons (Fsp3) is 0.800. The van der Waals surface area contributed by atoms with Crippen LogP contribution in [0.25, 0.3) is 0 Å². The molecule has 0 aliphatic heterocycles. The molecule has 3 nitrogen and oxygen atoms in total. The molecule has 0 unspecified atom stereocenters. The van der Waals surface area contributed by atoms with Crippen LogP contribution in [0.2, 0.25) is 0 Å². The van der Waals surface area contributed by atoms with E-state index in [1.54, 1.807) is 0 Å². The minimum absolute atomic E-state index is 0.00313. The standard InChI is InChI=1S/C10H21NO2/c1-2-3-4-5-6-7-11-10(8-12)9-13/h2,10-13H,1,3-9H2. The van der Waals surface area contributed by atoms with Gasteiger partial charge in [-0.15, -0.1) is 6.58 Å². The van der Waals surface area contributed by atoms with Crippen molar-refractivity contribution in [2.45, 2.75) is 31.7 Å². The molecule has 0 fully saturated rings. The van der Waals surface area contributed by atoms with E-state index in [9.17, 15) is 0 Å². The molecular weight excluding hydrogens is 166 g/mol. The first-order valence-corrected chi connectivity index (χ1v) is 4.91. The van der Waals surface area contributed by atoms with Crippen molar-refractivity contribution in [2.24, 2.45) is 0 Å². The normalized spacial score (nSPS) is 10.7. The number of allylic oxidation sites excluding steroid dienone is 1. The van der Waals surface area contributed by atoms with Crippen molar-refractivity contribution in [1.82, 2.24) is 5.32 Å². The van der Waals surface area contributed by atoms with Gasteiger partial charge in [-0.05, 0) is 25.8 Å². The molecule has 0 aliphatic carbocycles. The van der Waals surface area contributed by atoms with Gasteiger partial charge in [0.1, 0.15) is 0 Å². The molecule has 0 saturated carbocycles. The Kier molecular flexibility index (Phi) is 9.42. The summed E-state index contributed by atoms with van der Waals surface area (Å²) in [5.74, 6) is 0. The number of aliphatic hydroxyl groups is 2. The Labute approximate surface area is 80.5 Å². The van der Waals surface area contributed by atoms with Crippen LogP contribution in [-0.2, 0) is 0 Å². The van der Waals surface area contributed by atoms with Gasteiger partial charge in [-0.3, -0.25) is 0 Å². The molecule has 78 valence electrons.